The average molecular weight is 425 g/mol. The molecule has 4 aromatic rings. The summed E-state index contributed by atoms with van der Waals surface area (Å²) in [4.78, 5) is 25.9. The highest BCUT2D eigenvalue weighted by Crippen LogP contribution is 2.36. The Morgan fingerprint density at radius 3 is 2.72 bits per heavy atom. The zero-order valence-electron chi connectivity index (χ0n) is 17.9. The summed E-state index contributed by atoms with van der Waals surface area (Å²) in [5.74, 6) is -0.165. The first kappa shape index (κ1) is 19.1. The first-order chi connectivity index (χ1) is 15.5. The van der Waals surface area contributed by atoms with Gasteiger partial charge in [0.2, 0.25) is 0 Å². The molecule has 0 spiro atoms. The molecule has 1 aliphatic carbocycles. The van der Waals surface area contributed by atoms with E-state index in [9.17, 15) is 9.59 Å². The predicted octanol–water partition coefficient (Wildman–Crippen LogP) is 3.06. The van der Waals surface area contributed by atoms with Crippen LogP contribution < -0.4 is 11.1 Å². The quantitative estimate of drug-likeness (QED) is 0.496. The van der Waals surface area contributed by atoms with Crippen molar-refractivity contribution in [3.63, 3.8) is 0 Å². The van der Waals surface area contributed by atoms with Crippen LogP contribution in [-0.4, -0.2) is 27.3 Å². The van der Waals surface area contributed by atoms with E-state index < -0.39 is 0 Å². The van der Waals surface area contributed by atoms with E-state index in [1.165, 1.54) is 11.3 Å². The van der Waals surface area contributed by atoms with Gasteiger partial charge in [-0.1, -0.05) is 24.3 Å². The molecule has 2 aliphatic rings. The van der Waals surface area contributed by atoms with E-state index in [0.29, 0.717) is 23.6 Å². The van der Waals surface area contributed by atoms with Crippen LogP contribution in [0.15, 0.2) is 54.9 Å². The zero-order valence-corrected chi connectivity index (χ0v) is 17.9. The standard InChI is InChI=1S/C26H24N4O2/c1-29-14-20(19-4-2-3-5-22(19)29)24-23(25(31)28-26(24)32)16-7-8-18-11-17-10-15(12-27)6-9-21(17)30(18)13-16/h2-5,7-8,11,13-15H,6,9-10,12,27H2,1H3,(H,28,31,32). The molecule has 160 valence electrons. The first-order valence-electron chi connectivity index (χ1n) is 11.0. The number of benzene rings is 1. The van der Waals surface area contributed by atoms with Gasteiger partial charge in [-0.05, 0) is 55.5 Å². The summed E-state index contributed by atoms with van der Waals surface area (Å²) in [6.45, 7) is 0.709. The molecular weight excluding hydrogens is 400 g/mol. The number of amides is 2. The second kappa shape index (κ2) is 6.93. The fourth-order valence-electron chi connectivity index (χ4n) is 5.37. The molecule has 0 bridgehead atoms. The number of nitrogens with two attached hydrogens (primary N) is 1. The maximum Gasteiger partial charge on any atom is 0.259 e. The Morgan fingerprint density at radius 1 is 1.06 bits per heavy atom. The van der Waals surface area contributed by atoms with Crippen LogP contribution in [0.4, 0.5) is 0 Å². The molecule has 1 unspecified atom stereocenters. The highest BCUT2D eigenvalue weighted by Gasteiger charge is 2.34. The lowest BCUT2D eigenvalue weighted by Gasteiger charge is -2.21. The van der Waals surface area contributed by atoms with Gasteiger partial charge in [-0.3, -0.25) is 14.9 Å². The van der Waals surface area contributed by atoms with Crippen molar-refractivity contribution in [2.24, 2.45) is 18.7 Å². The number of aromatic nitrogens is 2. The Morgan fingerprint density at radius 2 is 1.88 bits per heavy atom. The lowest BCUT2D eigenvalue weighted by atomic mass is 9.88. The molecule has 4 heterocycles. The monoisotopic (exact) mass is 424 g/mol. The third-order valence-electron chi connectivity index (χ3n) is 6.98. The van der Waals surface area contributed by atoms with E-state index in [1.54, 1.807) is 0 Å². The lowest BCUT2D eigenvalue weighted by Crippen LogP contribution is -2.23. The van der Waals surface area contributed by atoms with E-state index in [2.05, 4.69) is 15.8 Å². The van der Waals surface area contributed by atoms with Crippen molar-refractivity contribution in [1.82, 2.24) is 14.3 Å². The van der Waals surface area contributed by atoms with Gasteiger partial charge >= 0.3 is 0 Å². The Kier molecular flexibility index (Phi) is 4.13. The number of nitrogens with one attached hydrogen (secondary N) is 1. The number of nitrogens with zero attached hydrogens (tertiary/aromatic N) is 2. The van der Waals surface area contributed by atoms with Crippen molar-refractivity contribution in [3.05, 3.63) is 77.2 Å². The molecule has 32 heavy (non-hydrogen) atoms. The minimum absolute atomic E-state index is 0.346. The van der Waals surface area contributed by atoms with E-state index >= 15 is 0 Å². The molecule has 3 N–H and O–H groups in total. The number of para-hydroxylation sites is 1. The number of fused-ring (bicyclic) bond motifs is 4. The molecule has 0 fully saturated rings. The summed E-state index contributed by atoms with van der Waals surface area (Å²) >= 11 is 0. The number of imide groups is 1. The van der Waals surface area contributed by atoms with E-state index in [0.717, 1.165) is 46.8 Å². The number of hydrogen-bond acceptors (Lipinski definition) is 3. The Hall–Kier alpha value is -3.64. The van der Waals surface area contributed by atoms with Crippen molar-refractivity contribution < 1.29 is 9.59 Å². The number of aryl methyl sites for hydroxylation is 2. The Labute approximate surface area is 185 Å². The second-order valence-corrected chi connectivity index (χ2v) is 8.88. The van der Waals surface area contributed by atoms with Gasteiger partial charge in [-0.15, -0.1) is 0 Å². The van der Waals surface area contributed by atoms with Crippen LogP contribution in [-0.2, 0) is 29.5 Å². The van der Waals surface area contributed by atoms with Crippen molar-refractivity contribution in [1.29, 1.82) is 0 Å². The molecule has 1 aliphatic heterocycles. The predicted molar refractivity (Wildman–Crippen MR) is 125 cm³/mol. The average Bonchev–Trinajstić information content (AvgIpc) is 3.43. The SMILES string of the molecule is Cn1cc(C2=C(c3ccc4cc5c(n4c3)CCC(CN)C5)C(=O)NC2=O)c2ccccc21. The maximum absolute atomic E-state index is 12.9. The van der Waals surface area contributed by atoms with Crippen LogP contribution in [0.5, 0.6) is 0 Å². The van der Waals surface area contributed by atoms with Gasteiger partial charge in [0.25, 0.3) is 11.8 Å². The van der Waals surface area contributed by atoms with Gasteiger partial charge < -0.3 is 14.7 Å². The molecule has 0 saturated carbocycles. The topological polar surface area (TPSA) is 81.5 Å². The summed E-state index contributed by atoms with van der Waals surface area (Å²) in [6, 6.07) is 14.1. The van der Waals surface area contributed by atoms with Crippen LogP contribution in [0.1, 0.15) is 28.8 Å². The minimum Gasteiger partial charge on any atom is -0.350 e. The molecule has 6 nitrogen and oxygen atoms in total. The normalized spacial score (nSPS) is 18.6. The van der Waals surface area contributed by atoms with Crippen LogP contribution in [0.25, 0.3) is 27.6 Å². The maximum atomic E-state index is 12.9. The second-order valence-electron chi connectivity index (χ2n) is 8.88. The zero-order chi connectivity index (χ0) is 22.0. The van der Waals surface area contributed by atoms with Crippen LogP contribution in [0, 0.1) is 5.92 Å². The Bertz CT molecular complexity index is 1470. The smallest absolute Gasteiger partial charge is 0.259 e. The third-order valence-corrected chi connectivity index (χ3v) is 6.98. The summed E-state index contributed by atoms with van der Waals surface area (Å²) in [5, 5.41) is 3.48. The molecule has 3 aromatic heterocycles. The number of hydrogen-bond donors (Lipinski definition) is 2. The molecule has 0 radical (unpaired) electrons. The molecular formula is C26H24N4O2. The van der Waals surface area contributed by atoms with Crippen molar-refractivity contribution in [3.8, 4) is 0 Å². The summed E-state index contributed by atoms with van der Waals surface area (Å²) in [7, 11) is 1.95. The van der Waals surface area contributed by atoms with E-state index in [1.807, 2.05) is 60.4 Å². The van der Waals surface area contributed by atoms with Gasteiger partial charge in [0.15, 0.2) is 0 Å². The molecule has 2 amide bonds. The van der Waals surface area contributed by atoms with Crippen LogP contribution in [0.3, 0.4) is 0 Å². The summed E-state index contributed by atoms with van der Waals surface area (Å²) in [6.07, 6.45) is 6.97. The number of carbonyl (C=O) groups excluding carboxylic acids is 2. The highest BCUT2D eigenvalue weighted by molar-refractivity contribution is 6.50. The number of pyridine rings is 1. The van der Waals surface area contributed by atoms with Crippen molar-refractivity contribution >= 4 is 39.4 Å². The molecule has 6 rings (SSSR count). The van der Waals surface area contributed by atoms with Gasteiger partial charge in [-0.25, -0.2) is 0 Å². The largest absolute Gasteiger partial charge is 0.350 e. The fourth-order valence-corrected chi connectivity index (χ4v) is 5.37. The summed E-state index contributed by atoms with van der Waals surface area (Å²) < 4.78 is 4.17. The molecule has 1 aromatic carbocycles. The van der Waals surface area contributed by atoms with Gasteiger partial charge in [0, 0.05) is 52.7 Å². The van der Waals surface area contributed by atoms with Gasteiger partial charge in [-0.2, -0.15) is 0 Å². The summed E-state index contributed by atoms with van der Waals surface area (Å²) in [5.41, 5.74) is 13.1. The fraction of sp³-hybridized carbons (Fsp3) is 0.231. The number of carbonyl (C=O) groups is 2. The highest BCUT2D eigenvalue weighted by atomic mass is 16.2. The van der Waals surface area contributed by atoms with Gasteiger partial charge in [0.05, 0.1) is 11.1 Å². The first-order valence-corrected chi connectivity index (χ1v) is 11.0. The molecule has 0 saturated heterocycles. The van der Waals surface area contributed by atoms with E-state index in [-0.39, 0.29) is 11.8 Å². The molecule has 1 atom stereocenters. The molecule has 6 heteroatoms. The minimum atomic E-state index is -0.346. The van der Waals surface area contributed by atoms with Crippen LogP contribution in [0.2, 0.25) is 0 Å². The van der Waals surface area contributed by atoms with Crippen molar-refractivity contribution in [2.75, 3.05) is 6.54 Å². The Balaban J connectivity index is 1.56. The third kappa shape index (κ3) is 2.69. The number of rotatable bonds is 3. The lowest BCUT2D eigenvalue weighted by molar-refractivity contribution is -0.122. The van der Waals surface area contributed by atoms with Crippen molar-refractivity contribution in [2.45, 2.75) is 19.3 Å². The van der Waals surface area contributed by atoms with E-state index in [4.69, 9.17) is 5.73 Å². The van der Waals surface area contributed by atoms with Gasteiger partial charge in [0.1, 0.15) is 0 Å². The van der Waals surface area contributed by atoms with Crippen LogP contribution >= 0.6 is 0 Å².